The maximum absolute atomic E-state index is 11.6. The van der Waals surface area contributed by atoms with Gasteiger partial charge < -0.3 is 15.0 Å². The predicted octanol–water partition coefficient (Wildman–Crippen LogP) is 1.62. The molecule has 0 spiro atoms. The summed E-state index contributed by atoms with van der Waals surface area (Å²) in [5.74, 6) is 2.82. The number of hydrogen-bond donors (Lipinski definition) is 1. The van der Waals surface area contributed by atoms with Crippen molar-refractivity contribution in [2.24, 2.45) is 11.8 Å². The van der Waals surface area contributed by atoms with Crippen molar-refractivity contribution in [3.63, 3.8) is 0 Å². The number of hydrogen-bond acceptors (Lipinski definition) is 5. The standard InChI is InChI=1S/C16H24N4O2/c1-3-14(21)18-13-5-4-11-9-20(10-12(11)8-13)16-17-7-6-15(19-16)22-2/h6-7,11-13H,3-5,8-10H2,1-2H3,(H,18,21). The van der Waals surface area contributed by atoms with Gasteiger partial charge in [-0.1, -0.05) is 6.92 Å². The summed E-state index contributed by atoms with van der Waals surface area (Å²) in [6.45, 7) is 3.88. The van der Waals surface area contributed by atoms with E-state index in [1.807, 2.05) is 6.92 Å². The van der Waals surface area contributed by atoms with E-state index in [1.165, 1.54) is 6.42 Å². The number of aromatic nitrogens is 2. The van der Waals surface area contributed by atoms with Crippen LogP contribution < -0.4 is 15.0 Å². The third kappa shape index (κ3) is 3.15. The topological polar surface area (TPSA) is 67.4 Å². The molecule has 1 aromatic rings. The first-order valence-electron chi connectivity index (χ1n) is 8.11. The number of carbonyl (C=O) groups is 1. The summed E-state index contributed by atoms with van der Waals surface area (Å²) < 4.78 is 5.18. The van der Waals surface area contributed by atoms with Crippen molar-refractivity contribution in [2.75, 3.05) is 25.1 Å². The number of rotatable bonds is 4. The average molecular weight is 304 g/mol. The second kappa shape index (κ2) is 6.50. The predicted molar refractivity (Wildman–Crippen MR) is 83.8 cm³/mol. The van der Waals surface area contributed by atoms with Crippen LogP contribution in [0.5, 0.6) is 5.88 Å². The van der Waals surface area contributed by atoms with Crippen LogP contribution in [0.25, 0.3) is 0 Å². The molecule has 1 saturated heterocycles. The van der Waals surface area contributed by atoms with Crippen molar-refractivity contribution < 1.29 is 9.53 Å². The number of carbonyl (C=O) groups excluding carboxylic acids is 1. The highest BCUT2D eigenvalue weighted by Gasteiger charge is 2.38. The van der Waals surface area contributed by atoms with E-state index in [1.54, 1.807) is 19.4 Å². The quantitative estimate of drug-likeness (QED) is 0.915. The van der Waals surface area contributed by atoms with Crippen molar-refractivity contribution in [3.8, 4) is 5.88 Å². The number of fused-ring (bicyclic) bond motifs is 1. The van der Waals surface area contributed by atoms with E-state index in [0.717, 1.165) is 31.9 Å². The lowest BCUT2D eigenvalue weighted by Crippen LogP contribution is -2.40. The van der Waals surface area contributed by atoms with E-state index in [9.17, 15) is 4.79 Å². The maximum atomic E-state index is 11.6. The molecular formula is C16H24N4O2. The van der Waals surface area contributed by atoms with Crippen molar-refractivity contribution in [3.05, 3.63) is 12.3 Å². The first kappa shape index (κ1) is 15.1. The normalized spacial score (nSPS) is 27.4. The second-order valence-corrected chi connectivity index (χ2v) is 6.26. The molecule has 3 rings (SSSR count). The minimum absolute atomic E-state index is 0.162. The molecule has 1 amide bonds. The van der Waals surface area contributed by atoms with E-state index in [2.05, 4.69) is 20.2 Å². The van der Waals surface area contributed by atoms with E-state index in [4.69, 9.17) is 4.74 Å². The minimum Gasteiger partial charge on any atom is -0.481 e. The van der Waals surface area contributed by atoms with E-state index < -0.39 is 0 Å². The second-order valence-electron chi connectivity index (χ2n) is 6.26. The summed E-state index contributed by atoms with van der Waals surface area (Å²) in [5, 5.41) is 3.15. The number of methoxy groups -OCH3 is 1. The van der Waals surface area contributed by atoms with Gasteiger partial charge in [0.05, 0.1) is 7.11 Å². The lowest BCUT2D eigenvalue weighted by atomic mass is 9.79. The van der Waals surface area contributed by atoms with Crippen LogP contribution in [-0.4, -0.2) is 42.1 Å². The molecule has 6 nitrogen and oxygen atoms in total. The van der Waals surface area contributed by atoms with Gasteiger partial charge >= 0.3 is 0 Å². The Kier molecular flexibility index (Phi) is 4.45. The zero-order valence-electron chi connectivity index (χ0n) is 13.3. The molecule has 1 aromatic heterocycles. The van der Waals surface area contributed by atoms with Gasteiger partial charge in [-0.05, 0) is 31.1 Å². The summed E-state index contributed by atoms with van der Waals surface area (Å²) in [7, 11) is 1.62. The smallest absolute Gasteiger partial charge is 0.228 e. The fourth-order valence-electron chi connectivity index (χ4n) is 3.65. The molecule has 2 heterocycles. The third-order valence-electron chi connectivity index (χ3n) is 4.85. The fraction of sp³-hybridized carbons (Fsp3) is 0.688. The number of nitrogens with zero attached hydrogens (tertiary/aromatic N) is 3. The number of amides is 1. The molecule has 120 valence electrons. The molecule has 2 aliphatic rings. The molecule has 0 bridgehead atoms. The van der Waals surface area contributed by atoms with Crippen LogP contribution in [0.2, 0.25) is 0 Å². The average Bonchev–Trinajstić information content (AvgIpc) is 2.98. The molecule has 0 aromatic carbocycles. The molecule has 1 N–H and O–H groups in total. The van der Waals surface area contributed by atoms with Crippen LogP contribution in [0.15, 0.2) is 12.3 Å². The molecule has 1 saturated carbocycles. The van der Waals surface area contributed by atoms with Crippen LogP contribution in [0, 0.1) is 11.8 Å². The van der Waals surface area contributed by atoms with Crippen LogP contribution in [-0.2, 0) is 4.79 Å². The number of nitrogens with one attached hydrogen (secondary N) is 1. The van der Waals surface area contributed by atoms with Crippen LogP contribution in [0.1, 0.15) is 32.6 Å². The van der Waals surface area contributed by atoms with Crippen LogP contribution in [0.3, 0.4) is 0 Å². The highest BCUT2D eigenvalue weighted by molar-refractivity contribution is 5.75. The molecule has 1 aliphatic heterocycles. The minimum atomic E-state index is 0.162. The van der Waals surface area contributed by atoms with Gasteiger partial charge in [-0.25, -0.2) is 4.98 Å². The zero-order valence-corrected chi connectivity index (χ0v) is 13.3. The lowest BCUT2D eigenvalue weighted by Gasteiger charge is -2.31. The summed E-state index contributed by atoms with van der Waals surface area (Å²) in [6.07, 6.45) is 5.62. The van der Waals surface area contributed by atoms with Gasteiger partial charge in [-0.3, -0.25) is 4.79 Å². The van der Waals surface area contributed by atoms with Gasteiger partial charge in [0.1, 0.15) is 0 Å². The number of ether oxygens (including phenoxy) is 1. The molecule has 6 heteroatoms. The van der Waals surface area contributed by atoms with E-state index in [-0.39, 0.29) is 5.91 Å². The van der Waals surface area contributed by atoms with Crippen LogP contribution in [0.4, 0.5) is 5.95 Å². The van der Waals surface area contributed by atoms with Crippen molar-refractivity contribution in [1.82, 2.24) is 15.3 Å². The Hall–Kier alpha value is -1.85. The van der Waals surface area contributed by atoms with Gasteiger partial charge in [0.15, 0.2) is 0 Å². The summed E-state index contributed by atoms with van der Waals surface area (Å²) >= 11 is 0. The van der Waals surface area contributed by atoms with Gasteiger partial charge in [0, 0.05) is 37.8 Å². The molecule has 0 radical (unpaired) electrons. The summed E-state index contributed by atoms with van der Waals surface area (Å²) in [6, 6.07) is 2.10. The molecular weight excluding hydrogens is 280 g/mol. The van der Waals surface area contributed by atoms with Crippen molar-refractivity contribution in [1.29, 1.82) is 0 Å². The van der Waals surface area contributed by atoms with Crippen molar-refractivity contribution >= 4 is 11.9 Å². The van der Waals surface area contributed by atoms with Gasteiger partial charge in [0.2, 0.25) is 17.7 Å². The fourth-order valence-corrected chi connectivity index (χ4v) is 3.65. The third-order valence-corrected chi connectivity index (χ3v) is 4.85. The Labute approximate surface area is 131 Å². The molecule has 2 fully saturated rings. The Bertz CT molecular complexity index is 537. The molecule has 3 atom stereocenters. The van der Waals surface area contributed by atoms with E-state index in [0.29, 0.717) is 30.2 Å². The van der Waals surface area contributed by atoms with Crippen molar-refractivity contribution in [2.45, 2.75) is 38.6 Å². The Morgan fingerprint density at radius 2 is 2.23 bits per heavy atom. The van der Waals surface area contributed by atoms with Crippen LogP contribution >= 0.6 is 0 Å². The lowest BCUT2D eigenvalue weighted by molar-refractivity contribution is -0.121. The first-order valence-corrected chi connectivity index (χ1v) is 8.11. The molecule has 3 unspecified atom stereocenters. The van der Waals surface area contributed by atoms with Gasteiger partial charge in [-0.15, -0.1) is 0 Å². The largest absolute Gasteiger partial charge is 0.481 e. The SMILES string of the molecule is CCC(=O)NC1CCC2CN(c3nccc(OC)n3)CC2C1. The Balaban J connectivity index is 1.63. The van der Waals surface area contributed by atoms with Gasteiger partial charge in [0.25, 0.3) is 0 Å². The molecule has 22 heavy (non-hydrogen) atoms. The summed E-state index contributed by atoms with van der Waals surface area (Å²) in [5.41, 5.74) is 0. The monoisotopic (exact) mass is 304 g/mol. The molecule has 1 aliphatic carbocycles. The summed E-state index contributed by atoms with van der Waals surface area (Å²) in [4.78, 5) is 22.6. The highest BCUT2D eigenvalue weighted by Crippen LogP contribution is 2.37. The Morgan fingerprint density at radius 1 is 1.41 bits per heavy atom. The Morgan fingerprint density at radius 3 is 3.00 bits per heavy atom. The first-order chi connectivity index (χ1) is 10.7. The number of anilines is 1. The van der Waals surface area contributed by atoms with E-state index >= 15 is 0 Å². The zero-order chi connectivity index (χ0) is 15.5. The maximum Gasteiger partial charge on any atom is 0.228 e. The van der Waals surface area contributed by atoms with Gasteiger partial charge in [-0.2, -0.15) is 4.98 Å². The highest BCUT2D eigenvalue weighted by atomic mass is 16.5.